The summed E-state index contributed by atoms with van der Waals surface area (Å²) in [6, 6.07) is 5.43. The lowest BCUT2D eigenvalue weighted by Crippen LogP contribution is -2.22. The van der Waals surface area contributed by atoms with Crippen molar-refractivity contribution in [3.05, 3.63) is 34.9 Å². The zero-order chi connectivity index (χ0) is 13.9. The van der Waals surface area contributed by atoms with Crippen LogP contribution in [0.25, 0.3) is 0 Å². The first kappa shape index (κ1) is 14.7. The number of carbonyl (C=O) groups is 1. The number of hydrogen-bond donors (Lipinski definition) is 1. The molecule has 1 N–H and O–H groups in total. The lowest BCUT2D eigenvalue weighted by molar-refractivity contribution is 0.0696. The third-order valence-electron chi connectivity index (χ3n) is 3.77. The Hall–Kier alpha value is -1.31. The first-order chi connectivity index (χ1) is 8.27. The molecule has 0 saturated heterocycles. The van der Waals surface area contributed by atoms with E-state index in [4.69, 9.17) is 5.11 Å². The molecule has 100 valence electrons. The predicted octanol–water partition coefficient (Wildman–Crippen LogP) is 4.41. The Balaban J connectivity index is 3.13. The fourth-order valence-corrected chi connectivity index (χ4v) is 2.61. The largest absolute Gasteiger partial charge is 0.478 e. The Bertz CT molecular complexity index is 433. The van der Waals surface area contributed by atoms with Crippen LogP contribution in [0.4, 0.5) is 0 Å². The Morgan fingerprint density at radius 1 is 1.39 bits per heavy atom. The van der Waals surface area contributed by atoms with E-state index in [1.54, 1.807) is 6.07 Å². The molecule has 2 heteroatoms. The Kier molecular flexibility index (Phi) is 4.55. The van der Waals surface area contributed by atoms with Crippen LogP contribution in [0.1, 0.15) is 62.0 Å². The second kappa shape index (κ2) is 5.55. The van der Waals surface area contributed by atoms with Gasteiger partial charge in [-0.05, 0) is 47.9 Å². The van der Waals surface area contributed by atoms with Crippen molar-refractivity contribution in [1.29, 1.82) is 0 Å². The fourth-order valence-electron chi connectivity index (χ4n) is 2.61. The van der Waals surface area contributed by atoms with Gasteiger partial charge >= 0.3 is 5.97 Å². The highest BCUT2D eigenvalue weighted by Gasteiger charge is 2.25. The lowest BCUT2D eigenvalue weighted by atomic mass is 9.75. The molecule has 0 heterocycles. The summed E-state index contributed by atoms with van der Waals surface area (Å²) in [6.07, 6.45) is 2.23. The average Bonchev–Trinajstić information content (AvgIpc) is 2.28. The molecule has 0 bridgehead atoms. The molecule has 0 radical (unpaired) electrons. The Labute approximate surface area is 110 Å². The molecule has 18 heavy (non-hydrogen) atoms. The number of carboxylic acids is 1. The Morgan fingerprint density at radius 3 is 2.50 bits per heavy atom. The summed E-state index contributed by atoms with van der Waals surface area (Å²) in [6.45, 7) is 10.9. The summed E-state index contributed by atoms with van der Waals surface area (Å²) < 4.78 is 0. The van der Waals surface area contributed by atoms with E-state index in [9.17, 15) is 4.79 Å². The molecule has 0 spiro atoms. The second-order valence-corrected chi connectivity index (χ2v) is 5.94. The summed E-state index contributed by atoms with van der Waals surface area (Å²) in [5, 5.41) is 9.09. The van der Waals surface area contributed by atoms with Crippen LogP contribution in [0.5, 0.6) is 0 Å². The quantitative estimate of drug-likeness (QED) is 0.838. The smallest absolute Gasteiger partial charge is 0.335 e. The molecular formula is C16H24O2. The zero-order valence-electron chi connectivity index (χ0n) is 12.1. The van der Waals surface area contributed by atoms with E-state index in [-0.39, 0.29) is 5.41 Å². The number of aryl methyl sites for hydroxylation is 1. The highest BCUT2D eigenvalue weighted by Crippen LogP contribution is 2.34. The number of carboxylic acid groups (broad SMARTS) is 1. The van der Waals surface area contributed by atoms with Crippen molar-refractivity contribution < 1.29 is 9.90 Å². The minimum Gasteiger partial charge on any atom is -0.478 e. The number of hydrogen-bond acceptors (Lipinski definition) is 1. The van der Waals surface area contributed by atoms with Gasteiger partial charge in [-0.3, -0.25) is 0 Å². The van der Waals surface area contributed by atoms with Gasteiger partial charge in [0, 0.05) is 0 Å². The Morgan fingerprint density at radius 2 is 2.00 bits per heavy atom. The molecule has 0 aromatic heterocycles. The van der Waals surface area contributed by atoms with Gasteiger partial charge in [0.2, 0.25) is 0 Å². The van der Waals surface area contributed by atoms with E-state index >= 15 is 0 Å². The van der Waals surface area contributed by atoms with E-state index in [0.29, 0.717) is 11.5 Å². The molecule has 0 amide bonds. The van der Waals surface area contributed by atoms with Gasteiger partial charge in [-0.2, -0.15) is 0 Å². The van der Waals surface area contributed by atoms with Crippen LogP contribution in [-0.4, -0.2) is 11.1 Å². The standard InChI is InChI=1S/C16H24O2/c1-6-11(2)10-16(4,5)14-9-13(15(17)18)8-7-12(14)3/h7-9,11H,6,10H2,1-5H3,(H,17,18). The van der Waals surface area contributed by atoms with E-state index < -0.39 is 5.97 Å². The van der Waals surface area contributed by atoms with Crippen LogP contribution in [0, 0.1) is 12.8 Å². The van der Waals surface area contributed by atoms with Crippen LogP contribution < -0.4 is 0 Å². The average molecular weight is 248 g/mol. The van der Waals surface area contributed by atoms with E-state index in [1.807, 2.05) is 12.1 Å². The van der Waals surface area contributed by atoms with Crippen LogP contribution >= 0.6 is 0 Å². The van der Waals surface area contributed by atoms with Crippen molar-refractivity contribution in [3.8, 4) is 0 Å². The maximum Gasteiger partial charge on any atom is 0.335 e. The summed E-state index contributed by atoms with van der Waals surface area (Å²) in [7, 11) is 0. The van der Waals surface area contributed by atoms with Crippen LogP contribution in [0.15, 0.2) is 18.2 Å². The molecule has 0 aliphatic heterocycles. The van der Waals surface area contributed by atoms with Crippen molar-refractivity contribution >= 4 is 5.97 Å². The number of benzene rings is 1. The predicted molar refractivity (Wildman–Crippen MR) is 75.2 cm³/mol. The van der Waals surface area contributed by atoms with Crippen molar-refractivity contribution in [3.63, 3.8) is 0 Å². The minimum absolute atomic E-state index is 0.0188. The first-order valence-electron chi connectivity index (χ1n) is 6.62. The van der Waals surface area contributed by atoms with Crippen LogP contribution in [-0.2, 0) is 5.41 Å². The zero-order valence-corrected chi connectivity index (χ0v) is 12.1. The van der Waals surface area contributed by atoms with E-state index in [0.717, 1.165) is 18.4 Å². The highest BCUT2D eigenvalue weighted by molar-refractivity contribution is 5.88. The van der Waals surface area contributed by atoms with Crippen molar-refractivity contribution in [1.82, 2.24) is 0 Å². The SMILES string of the molecule is CCC(C)CC(C)(C)c1cc(C(=O)O)ccc1C. The van der Waals surface area contributed by atoms with Crippen LogP contribution in [0.3, 0.4) is 0 Å². The maximum atomic E-state index is 11.1. The van der Waals surface area contributed by atoms with Crippen molar-refractivity contribution in [2.75, 3.05) is 0 Å². The molecule has 1 aromatic rings. The third kappa shape index (κ3) is 3.34. The topological polar surface area (TPSA) is 37.3 Å². The molecule has 1 atom stereocenters. The third-order valence-corrected chi connectivity index (χ3v) is 3.77. The molecule has 0 aliphatic carbocycles. The van der Waals surface area contributed by atoms with Gasteiger partial charge in [0.1, 0.15) is 0 Å². The second-order valence-electron chi connectivity index (χ2n) is 5.94. The van der Waals surface area contributed by atoms with Gasteiger partial charge in [-0.25, -0.2) is 4.79 Å². The van der Waals surface area contributed by atoms with Gasteiger partial charge in [-0.15, -0.1) is 0 Å². The van der Waals surface area contributed by atoms with Gasteiger partial charge in [-0.1, -0.05) is 40.2 Å². The van der Waals surface area contributed by atoms with Crippen LogP contribution in [0.2, 0.25) is 0 Å². The van der Waals surface area contributed by atoms with Crippen molar-refractivity contribution in [2.24, 2.45) is 5.92 Å². The summed E-state index contributed by atoms with van der Waals surface area (Å²) in [5.74, 6) is -0.205. The van der Waals surface area contributed by atoms with Gasteiger partial charge < -0.3 is 5.11 Å². The summed E-state index contributed by atoms with van der Waals surface area (Å²) >= 11 is 0. The first-order valence-corrected chi connectivity index (χ1v) is 6.62. The minimum atomic E-state index is -0.851. The molecule has 0 aliphatic rings. The normalized spacial score (nSPS) is 13.4. The summed E-state index contributed by atoms with van der Waals surface area (Å²) in [5.41, 5.74) is 2.73. The molecule has 0 saturated carbocycles. The number of rotatable bonds is 5. The van der Waals surface area contributed by atoms with Gasteiger partial charge in [0.05, 0.1) is 5.56 Å². The molecule has 0 fully saturated rings. The monoisotopic (exact) mass is 248 g/mol. The van der Waals surface area contributed by atoms with E-state index in [1.165, 1.54) is 5.56 Å². The lowest BCUT2D eigenvalue weighted by Gasteiger charge is -2.30. The fraction of sp³-hybridized carbons (Fsp3) is 0.562. The molecule has 1 aromatic carbocycles. The maximum absolute atomic E-state index is 11.1. The molecular weight excluding hydrogens is 224 g/mol. The molecule has 1 rings (SSSR count). The molecule has 1 unspecified atom stereocenters. The van der Waals surface area contributed by atoms with Gasteiger partial charge in [0.15, 0.2) is 0 Å². The number of aromatic carboxylic acids is 1. The molecule has 2 nitrogen and oxygen atoms in total. The van der Waals surface area contributed by atoms with E-state index in [2.05, 4.69) is 34.6 Å². The van der Waals surface area contributed by atoms with Gasteiger partial charge in [0.25, 0.3) is 0 Å². The summed E-state index contributed by atoms with van der Waals surface area (Å²) in [4.78, 5) is 11.1. The highest BCUT2D eigenvalue weighted by atomic mass is 16.4. The van der Waals surface area contributed by atoms with Crippen molar-refractivity contribution in [2.45, 2.75) is 52.9 Å².